The lowest BCUT2D eigenvalue weighted by molar-refractivity contribution is 0.242. The van der Waals surface area contributed by atoms with Crippen molar-refractivity contribution < 1.29 is 4.74 Å². The third-order valence-electron chi connectivity index (χ3n) is 2.76. The molecule has 0 amide bonds. The first-order chi connectivity index (χ1) is 9.63. The van der Waals surface area contributed by atoms with Gasteiger partial charge >= 0.3 is 0 Å². The molecule has 0 bridgehead atoms. The van der Waals surface area contributed by atoms with Gasteiger partial charge in [0.2, 0.25) is 0 Å². The van der Waals surface area contributed by atoms with E-state index in [1.54, 1.807) is 18.5 Å². The van der Waals surface area contributed by atoms with E-state index >= 15 is 0 Å². The van der Waals surface area contributed by atoms with Gasteiger partial charge in [-0.3, -0.25) is 4.40 Å². The third-order valence-corrected chi connectivity index (χ3v) is 2.76. The highest BCUT2D eigenvalue weighted by Crippen LogP contribution is 2.21. The molecule has 0 saturated carbocycles. The van der Waals surface area contributed by atoms with Crippen LogP contribution >= 0.6 is 0 Å². The second-order valence-electron chi connectivity index (χ2n) is 4.71. The van der Waals surface area contributed by atoms with Crippen molar-refractivity contribution in [3.8, 4) is 17.3 Å². The second-order valence-corrected chi connectivity index (χ2v) is 4.71. The Morgan fingerprint density at radius 1 is 1.25 bits per heavy atom. The quantitative estimate of drug-likeness (QED) is 0.788. The number of fused-ring (bicyclic) bond motifs is 1. The molecule has 0 aliphatic heterocycles. The maximum Gasteiger partial charge on any atom is 0.180 e. The van der Waals surface area contributed by atoms with Crippen LogP contribution in [-0.2, 0) is 0 Å². The number of pyridine rings is 1. The molecule has 3 rings (SSSR count). The minimum absolute atomic E-state index is 0.129. The topological polar surface area (TPSA) is 78.3 Å². The van der Waals surface area contributed by atoms with Crippen molar-refractivity contribution in [2.24, 2.45) is 0 Å². The highest BCUT2D eigenvalue weighted by atomic mass is 16.5. The molecule has 20 heavy (non-hydrogen) atoms. The highest BCUT2D eigenvalue weighted by Gasteiger charge is 2.10. The summed E-state index contributed by atoms with van der Waals surface area (Å²) in [7, 11) is 0. The van der Waals surface area contributed by atoms with Gasteiger partial charge in [-0.1, -0.05) is 0 Å². The molecule has 0 saturated heterocycles. The van der Waals surface area contributed by atoms with E-state index < -0.39 is 0 Å². The lowest BCUT2D eigenvalue weighted by atomic mass is 10.4. The number of aromatic nitrogens is 4. The molecule has 3 aromatic heterocycles. The van der Waals surface area contributed by atoms with Gasteiger partial charge < -0.3 is 10.5 Å². The van der Waals surface area contributed by atoms with Crippen molar-refractivity contribution in [1.82, 2.24) is 19.4 Å². The first-order valence-electron chi connectivity index (χ1n) is 6.36. The monoisotopic (exact) mass is 269 g/mol. The van der Waals surface area contributed by atoms with Gasteiger partial charge in [0.1, 0.15) is 22.9 Å². The van der Waals surface area contributed by atoms with E-state index in [0.29, 0.717) is 11.6 Å². The summed E-state index contributed by atoms with van der Waals surface area (Å²) < 4.78 is 7.56. The molecular formula is C14H15N5O. The summed E-state index contributed by atoms with van der Waals surface area (Å²) in [6.07, 6.45) is 5.38. The predicted octanol–water partition coefficient (Wildman–Crippen LogP) is 2.16. The maximum absolute atomic E-state index is 5.69. The fourth-order valence-electron chi connectivity index (χ4n) is 1.97. The molecule has 0 spiro atoms. The molecule has 3 heterocycles. The van der Waals surface area contributed by atoms with E-state index in [-0.39, 0.29) is 6.10 Å². The van der Waals surface area contributed by atoms with Crippen LogP contribution in [0.25, 0.3) is 17.2 Å². The average Bonchev–Trinajstić information content (AvgIpc) is 2.81. The standard InChI is InChI=1S/C14H15N5O/c1-9(2)20-10-4-6-19-11(8-17-13(19)7-10)14-16-5-3-12(15)18-14/h3-9H,1-2H3,(H2,15,16,18). The largest absolute Gasteiger partial charge is 0.491 e. The van der Waals surface area contributed by atoms with Gasteiger partial charge in [-0.05, 0) is 26.0 Å². The Kier molecular flexibility index (Phi) is 2.98. The van der Waals surface area contributed by atoms with Crippen LogP contribution in [-0.4, -0.2) is 25.5 Å². The van der Waals surface area contributed by atoms with Gasteiger partial charge in [0.15, 0.2) is 5.82 Å². The lowest BCUT2D eigenvalue weighted by Crippen LogP contribution is -2.05. The van der Waals surface area contributed by atoms with Crippen LogP contribution in [0.1, 0.15) is 13.8 Å². The van der Waals surface area contributed by atoms with E-state index in [0.717, 1.165) is 17.1 Å². The van der Waals surface area contributed by atoms with Crippen LogP contribution in [0.3, 0.4) is 0 Å². The van der Waals surface area contributed by atoms with Crippen molar-refractivity contribution in [1.29, 1.82) is 0 Å². The number of nitrogens with zero attached hydrogens (tertiary/aromatic N) is 4. The molecule has 6 nitrogen and oxygen atoms in total. The summed E-state index contributed by atoms with van der Waals surface area (Å²) in [6, 6.07) is 5.43. The zero-order valence-electron chi connectivity index (χ0n) is 11.3. The number of hydrogen-bond acceptors (Lipinski definition) is 5. The summed E-state index contributed by atoms with van der Waals surface area (Å²) in [4.78, 5) is 12.8. The van der Waals surface area contributed by atoms with Crippen molar-refractivity contribution in [2.75, 3.05) is 5.73 Å². The first kappa shape index (κ1) is 12.4. The Hall–Kier alpha value is -2.63. The van der Waals surface area contributed by atoms with Gasteiger partial charge in [0.05, 0.1) is 12.3 Å². The summed E-state index contributed by atoms with van der Waals surface area (Å²) >= 11 is 0. The maximum atomic E-state index is 5.69. The number of hydrogen-bond donors (Lipinski definition) is 1. The van der Waals surface area contributed by atoms with Gasteiger partial charge in [-0.2, -0.15) is 0 Å². The predicted molar refractivity (Wildman–Crippen MR) is 76.4 cm³/mol. The van der Waals surface area contributed by atoms with Crippen molar-refractivity contribution >= 4 is 11.5 Å². The van der Waals surface area contributed by atoms with E-state index in [9.17, 15) is 0 Å². The molecule has 0 aliphatic carbocycles. The molecule has 0 unspecified atom stereocenters. The number of rotatable bonds is 3. The van der Waals surface area contributed by atoms with Crippen molar-refractivity contribution in [2.45, 2.75) is 20.0 Å². The number of anilines is 1. The summed E-state index contributed by atoms with van der Waals surface area (Å²) in [5.74, 6) is 1.78. The molecule has 2 N–H and O–H groups in total. The second kappa shape index (κ2) is 4.80. The molecular weight excluding hydrogens is 254 g/mol. The fraction of sp³-hybridized carbons (Fsp3) is 0.214. The summed E-state index contributed by atoms with van der Waals surface area (Å²) in [5.41, 5.74) is 7.26. The number of ether oxygens (including phenoxy) is 1. The van der Waals surface area contributed by atoms with Crippen molar-refractivity contribution in [3.05, 3.63) is 36.8 Å². The van der Waals surface area contributed by atoms with Gasteiger partial charge in [-0.15, -0.1) is 0 Å². The Bertz CT molecular complexity index is 750. The van der Waals surface area contributed by atoms with Gasteiger partial charge in [0, 0.05) is 18.5 Å². The van der Waals surface area contributed by atoms with Crippen LogP contribution in [0.4, 0.5) is 5.82 Å². The Morgan fingerprint density at radius 2 is 2.10 bits per heavy atom. The molecule has 102 valence electrons. The zero-order valence-corrected chi connectivity index (χ0v) is 11.3. The number of nitrogen functional groups attached to an aromatic ring is 1. The van der Waals surface area contributed by atoms with Crippen LogP contribution in [0, 0.1) is 0 Å². The number of nitrogens with two attached hydrogens (primary N) is 1. The van der Waals surface area contributed by atoms with Crippen LogP contribution < -0.4 is 10.5 Å². The molecule has 0 aromatic carbocycles. The van der Waals surface area contributed by atoms with E-state index in [4.69, 9.17) is 10.5 Å². The highest BCUT2D eigenvalue weighted by molar-refractivity contribution is 5.59. The molecule has 0 fully saturated rings. The lowest BCUT2D eigenvalue weighted by Gasteiger charge is -2.09. The smallest absolute Gasteiger partial charge is 0.180 e. The molecule has 0 radical (unpaired) electrons. The van der Waals surface area contributed by atoms with E-state index in [1.807, 2.05) is 36.6 Å². The van der Waals surface area contributed by atoms with E-state index in [2.05, 4.69) is 15.0 Å². The average molecular weight is 269 g/mol. The zero-order chi connectivity index (χ0) is 14.1. The normalized spacial score (nSPS) is 11.2. The first-order valence-corrected chi connectivity index (χ1v) is 6.36. The van der Waals surface area contributed by atoms with Gasteiger partial charge in [0.25, 0.3) is 0 Å². The molecule has 0 atom stereocenters. The summed E-state index contributed by atoms with van der Waals surface area (Å²) in [6.45, 7) is 3.98. The minimum Gasteiger partial charge on any atom is -0.491 e. The Labute approximate surface area is 116 Å². The van der Waals surface area contributed by atoms with Crippen LogP contribution in [0.5, 0.6) is 5.75 Å². The Morgan fingerprint density at radius 3 is 2.85 bits per heavy atom. The van der Waals surface area contributed by atoms with Gasteiger partial charge in [-0.25, -0.2) is 15.0 Å². The fourth-order valence-corrected chi connectivity index (χ4v) is 1.97. The minimum atomic E-state index is 0.129. The third kappa shape index (κ3) is 2.27. The summed E-state index contributed by atoms with van der Waals surface area (Å²) in [5, 5.41) is 0. The molecule has 3 aromatic rings. The van der Waals surface area contributed by atoms with Crippen LogP contribution in [0.2, 0.25) is 0 Å². The molecule has 0 aliphatic rings. The SMILES string of the molecule is CC(C)Oc1ccn2c(-c3nccc(N)n3)cnc2c1. The number of imidazole rings is 1. The van der Waals surface area contributed by atoms with E-state index in [1.165, 1.54) is 0 Å². The molecule has 6 heteroatoms. The van der Waals surface area contributed by atoms with Crippen molar-refractivity contribution in [3.63, 3.8) is 0 Å². The van der Waals surface area contributed by atoms with Crippen LogP contribution in [0.15, 0.2) is 36.8 Å². The Balaban J connectivity index is 2.06.